The Bertz CT molecular complexity index is 338. The Morgan fingerprint density at radius 2 is 1.89 bits per heavy atom. The molecule has 0 atom stereocenters. The average Bonchev–Trinajstić information content (AvgIpc) is 2.42. The minimum Gasteiger partial charge on any atom is -0.356 e. The van der Waals surface area contributed by atoms with E-state index in [-0.39, 0.29) is 0 Å². The lowest BCUT2D eigenvalue weighted by Gasteiger charge is -2.11. The van der Waals surface area contributed by atoms with E-state index >= 15 is 0 Å². The first-order valence-electron chi connectivity index (χ1n) is 6.34. The van der Waals surface area contributed by atoms with Gasteiger partial charge in [0.1, 0.15) is 0 Å². The molecule has 0 radical (unpaired) electrons. The quantitative estimate of drug-likeness (QED) is 0.450. The van der Waals surface area contributed by atoms with Crippen molar-refractivity contribution >= 4 is 17.7 Å². The molecule has 3 nitrogen and oxygen atoms in total. The van der Waals surface area contributed by atoms with Gasteiger partial charge in [-0.1, -0.05) is 30.3 Å². The molecule has 2 N–H and O–H groups in total. The molecule has 0 fully saturated rings. The van der Waals surface area contributed by atoms with Crippen LogP contribution in [0.15, 0.2) is 35.3 Å². The number of thioether (sulfide) groups is 1. The van der Waals surface area contributed by atoms with Crippen LogP contribution >= 0.6 is 11.8 Å². The van der Waals surface area contributed by atoms with Crippen molar-refractivity contribution in [1.29, 1.82) is 0 Å². The van der Waals surface area contributed by atoms with Gasteiger partial charge in [-0.25, -0.2) is 0 Å². The van der Waals surface area contributed by atoms with E-state index in [0.29, 0.717) is 0 Å². The fourth-order valence-corrected chi connectivity index (χ4v) is 2.05. The van der Waals surface area contributed by atoms with Gasteiger partial charge in [0.25, 0.3) is 0 Å². The molecule has 0 aliphatic heterocycles. The number of hydrogen-bond donors (Lipinski definition) is 2. The summed E-state index contributed by atoms with van der Waals surface area (Å²) in [7, 11) is 1.81. The monoisotopic (exact) mass is 265 g/mol. The zero-order chi connectivity index (χ0) is 13.1. The molecule has 0 amide bonds. The third-order valence-electron chi connectivity index (χ3n) is 2.59. The largest absolute Gasteiger partial charge is 0.356 e. The molecule has 0 aliphatic rings. The van der Waals surface area contributed by atoms with Gasteiger partial charge in [-0.15, -0.1) is 0 Å². The van der Waals surface area contributed by atoms with Gasteiger partial charge in [-0.05, 0) is 30.4 Å². The summed E-state index contributed by atoms with van der Waals surface area (Å²) in [6, 6.07) is 10.5. The van der Waals surface area contributed by atoms with Crippen molar-refractivity contribution in [2.75, 3.05) is 32.1 Å². The van der Waals surface area contributed by atoms with E-state index in [4.69, 9.17) is 0 Å². The van der Waals surface area contributed by atoms with E-state index in [1.165, 1.54) is 17.7 Å². The van der Waals surface area contributed by atoms with E-state index < -0.39 is 0 Å². The number of aliphatic imine (C=N–C) groups is 1. The van der Waals surface area contributed by atoms with Crippen LogP contribution in [0.5, 0.6) is 0 Å². The number of hydrogen-bond acceptors (Lipinski definition) is 2. The maximum absolute atomic E-state index is 4.20. The lowest BCUT2D eigenvalue weighted by Crippen LogP contribution is -2.38. The zero-order valence-electron chi connectivity index (χ0n) is 11.3. The first kappa shape index (κ1) is 14.9. The van der Waals surface area contributed by atoms with Gasteiger partial charge < -0.3 is 10.6 Å². The Morgan fingerprint density at radius 1 is 1.17 bits per heavy atom. The molecular formula is C14H23N3S. The average molecular weight is 265 g/mol. The molecule has 0 unspecified atom stereocenters. The van der Waals surface area contributed by atoms with Crippen molar-refractivity contribution < 1.29 is 0 Å². The molecule has 100 valence electrons. The SMILES string of the molecule is CN=C(NCCCSC)NCCc1ccccc1. The smallest absolute Gasteiger partial charge is 0.190 e. The number of nitrogens with one attached hydrogen (secondary N) is 2. The fourth-order valence-electron chi connectivity index (χ4n) is 1.61. The summed E-state index contributed by atoms with van der Waals surface area (Å²) in [6.45, 7) is 1.89. The van der Waals surface area contributed by atoms with Crippen LogP contribution in [0.3, 0.4) is 0 Å². The summed E-state index contributed by atoms with van der Waals surface area (Å²) >= 11 is 1.88. The Hall–Kier alpha value is -1.16. The second kappa shape index (κ2) is 9.83. The van der Waals surface area contributed by atoms with Crippen LogP contribution in [-0.2, 0) is 6.42 Å². The molecule has 0 aromatic heterocycles. The first-order valence-corrected chi connectivity index (χ1v) is 7.73. The fraction of sp³-hybridized carbons (Fsp3) is 0.500. The van der Waals surface area contributed by atoms with E-state index in [1.807, 2.05) is 24.9 Å². The van der Waals surface area contributed by atoms with Gasteiger partial charge >= 0.3 is 0 Å². The Balaban J connectivity index is 2.16. The standard InChI is InChI=1S/C14H23N3S/c1-15-14(16-10-6-12-18-2)17-11-9-13-7-4-3-5-8-13/h3-5,7-8H,6,9-12H2,1-2H3,(H2,15,16,17). The van der Waals surface area contributed by atoms with E-state index in [9.17, 15) is 0 Å². The molecular weight excluding hydrogens is 242 g/mol. The molecule has 0 saturated heterocycles. The molecule has 0 saturated carbocycles. The Labute approximate surface area is 114 Å². The molecule has 0 spiro atoms. The maximum atomic E-state index is 4.20. The second-order valence-corrected chi connectivity index (χ2v) is 4.99. The molecule has 0 bridgehead atoms. The first-order chi connectivity index (χ1) is 8.86. The summed E-state index contributed by atoms with van der Waals surface area (Å²) in [5.41, 5.74) is 1.35. The molecule has 0 aliphatic carbocycles. The van der Waals surface area contributed by atoms with Crippen LogP contribution in [0.1, 0.15) is 12.0 Å². The van der Waals surface area contributed by atoms with E-state index in [2.05, 4.69) is 46.1 Å². The lowest BCUT2D eigenvalue weighted by atomic mass is 10.1. The summed E-state index contributed by atoms with van der Waals surface area (Å²) < 4.78 is 0. The minimum atomic E-state index is 0.895. The molecule has 0 heterocycles. The van der Waals surface area contributed by atoms with Crippen LogP contribution in [-0.4, -0.2) is 38.1 Å². The molecule has 4 heteroatoms. The van der Waals surface area contributed by atoms with E-state index in [0.717, 1.165) is 25.5 Å². The normalized spacial score (nSPS) is 11.3. The van der Waals surface area contributed by atoms with Crippen LogP contribution in [0, 0.1) is 0 Å². The zero-order valence-corrected chi connectivity index (χ0v) is 12.1. The maximum Gasteiger partial charge on any atom is 0.190 e. The highest BCUT2D eigenvalue weighted by Crippen LogP contribution is 1.98. The number of nitrogens with zero attached hydrogens (tertiary/aromatic N) is 1. The van der Waals surface area contributed by atoms with Crippen LogP contribution in [0.4, 0.5) is 0 Å². The number of guanidine groups is 1. The topological polar surface area (TPSA) is 36.4 Å². The highest BCUT2D eigenvalue weighted by Gasteiger charge is 1.96. The molecule has 1 aromatic rings. The van der Waals surface area contributed by atoms with Crippen LogP contribution in [0.2, 0.25) is 0 Å². The highest BCUT2D eigenvalue weighted by molar-refractivity contribution is 7.98. The third-order valence-corrected chi connectivity index (χ3v) is 3.29. The summed E-state index contributed by atoms with van der Waals surface area (Å²) in [6.07, 6.45) is 4.32. The summed E-state index contributed by atoms with van der Waals surface area (Å²) in [4.78, 5) is 4.20. The predicted octanol–water partition coefficient (Wildman–Crippen LogP) is 2.15. The summed E-state index contributed by atoms with van der Waals surface area (Å²) in [5, 5.41) is 6.64. The molecule has 1 rings (SSSR count). The van der Waals surface area contributed by atoms with Gasteiger partial charge in [-0.2, -0.15) is 11.8 Å². The van der Waals surface area contributed by atoms with Crippen molar-refractivity contribution in [3.63, 3.8) is 0 Å². The number of rotatable bonds is 7. The van der Waals surface area contributed by atoms with Crippen LogP contribution in [0.25, 0.3) is 0 Å². The Morgan fingerprint density at radius 3 is 2.56 bits per heavy atom. The van der Waals surface area contributed by atoms with Crippen molar-refractivity contribution in [3.05, 3.63) is 35.9 Å². The van der Waals surface area contributed by atoms with Crippen molar-refractivity contribution in [1.82, 2.24) is 10.6 Å². The molecule has 1 aromatic carbocycles. The van der Waals surface area contributed by atoms with Crippen molar-refractivity contribution in [3.8, 4) is 0 Å². The van der Waals surface area contributed by atoms with Gasteiger partial charge in [0.2, 0.25) is 0 Å². The van der Waals surface area contributed by atoms with Crippen molar-refractivity contribution in [2.45, 2.75) is 12.8 Å². The molecule has 18 heavy (non-hydrogen) atoms. The van der Waals surface area contributed by atoms with Gasteiger partial charge in [0.05, 0.1) is 0 Å². The van der Waals surface area contributed by atoms with Gasteiger partial charge in [0.15, 0.2) is 5.96 Å². The summed E-state index contributed by atoms with van der Waals surface area (Å²) in [5.74, 6) is 2.08. The predicted molar refractivity (Wildman–Crippen MR) is 82.5 cm³/mol. The minimum absolute atomic E-state index is 0.895. The van der Waals surface area contributed by atoms with Crippen molar-refractivity contribution in [2.24, 2.45) is 4.99 Å². The van der Waals surface area contributed by atoms with Crippen LogP contribution < -0.4 is 10.6 Å². The van der Waals surface area contributed by atoms with Gasteiger partial charge in [0, 0.05) is 20.1 Å². The highest BCUT2D eigenvalue weighted by atomic mass is 32.2. The van der Waals surface area contributed by atoms with Gasteiger partial charge in [-0.3, -0.25) is 4.99 Å². The van der Waals surface area contributed by atoms with E-state index in [1.54, 1.807) is 0 Å². The second-order valence-electron chi connectivity index (χ2n) is 4.01. The lowest BCUT2D eigenvalue weighted by molar-refractivity contribution is 0.777. The number of benzene rings is 1. The Kier molecular flexibility index (Phi) is 8.13. The third kappa shape index (κ3) is 6.55.